The van der Waals surface area contributed by atoms with Gasteiger partial charge >= 0.3 is 0 Å². The lowest BCUT2D eigenvalue weighted by atomic mass is 10.0. The maximum Gasteiger partial charge on any atom is 0.0683 e. The minimum atomic E-state index is -0.230. The molecule has 0 aromatic carbocycles. The molecule has 1 heterocycles. The summed E-state index contributed by atoms with van der Waals surface area (Å²) in [6.07, 6.45) is 7.51. The average molecular weight is 259 g/mol. The predicted octanol–water partition coefficient (Wildman–Crippen LogP) is 1.48. The molecule has 0 aromatic rings. The zero-order valence-corrected chi connectivity index (χ0v) is 11.4. The lowest BCUT2D eigenvalue weighted by Gasteiger charge is -2.25. The summed E-state index contributed by atoms with van der Waals surface area (Å²) in [6.45, 7) is 1.95. The van der Waals surface area contributed by atoms with Gasteiger partial charge in [-0.25, -0.2) is 0 Å². The third kappa shape index (κ3) is 4.12. The number of β-amino-alcohol motifs (C(OH)–C–C–N with tert-alkyl or cyclic N) is 1. The van der Waals surface area contributed by atoms with Gasteiger partial charge in [0.2, 0.25) is 0 Å². The molecule has 0 radical (unpaired) electrons. The van der Waals surface area contributed by atoms with Gasteiger partial charge < -0.3 is 10.2 Å². The Kier molecular flexibility index (Phi) is 5.60. The van der Waals surface area contributed by atoms with Crippen LogP contribution in [0.5, 0.6) is 0 Å². The summed E-state index contributed by atoms with van der Waals surface area (Å²) in [4.78, 5) is 2.25. The van der Waals surface area contributed by atoms with E-state index in [0.717, 1.165) is 30.5 Å². The number of thioether (sulfide) groups is 1. The van der Waals surface area contributed by atoms with E-state index in [1.54, 1.807) is 0 Å². The molecule has 17 heavy (non-hydrogen) atoms. The van der Waals surface area contributed by atoms with Crippen molar-refractivity contribution in [2.24, 2.45) is 0 Å². The van der Waals surface area contributed by atoms with Crippen LogP contribution in [-0.2, 0) is 0 Å². The lowest BCUT2D eigenvalue weighted by Crippen LogP contribution is -2.34. The highest BCUT2D eigenvalue weighted by Crippen LogP contribution is 2.28. The van der Waals surface area contributed by atoms with Gasteiger partial charge in [-0.3, -0.25) is 4.90 Å². The molecule has 2 aliphatic rings. The SMILES string of the molecule is OCC1CC(O)CN1CCSC1CCCCC1. The normalized spacial score (nSPS) is 32.1. The predicted molar refractivity (Wildman–Crippen MR) is 72.4 cm³/mol. The fourth-order valence-electron chi connectivity index (χ4n) is 2.99. The molecule has 100 valence electrons. The second-order valence-corrected chi connectivity index (χ2v) is 6.76. The van der Waals surface area contributed by atoms with Crippen molar-refractivity contribution in [2.45, 2.75) is 55.9 Å². The summed E-state index contributed by atoms with van der Waals surface area (Å²) in [5, 5.41) is 19.7. The largest absolute Gasteiger partial charge is 0.395 e. The van der Waals surface area contributed by atoms with E-state index in [-0.39, 0.29) is 18.8 Å². The second-order valence-electron chi connectivity index (χ2n) is 5.35. The number of hydrogen-bond acceptors (Lipinski definition) is 4. The molecule has 1 saturated heterocycles. The summed E-state index contributed by atoms with van der Waals surface area (Å²) in [5.41, 5.74) is 0. The van der Waals surface area contributed by atoms with Crippen molar-refractivity contribution in [3.05, 3.63) is 0 Å². The van der Waals surface area contributed by atoms with Gasteiger partial charge in [0.1, 0.15) is 0 Å². The molecule has 0 aromatic heterocycles. The van der Waals surface area contributed by atoms with E-state index in [1.807, 2.05) is 0 Å². The van der Waals surface area contributed by atoms with Crippen LogP contribution >= 0.6 is 11.8 Å². The number of likely N-dealkylation sites (tertiary alicyclic amines) is 1. The van der Waals surface area contributed by atoms with Gasteiger partial charge in [0.05, 0.1) is 12.7 Å². The first-order chi connectivity index (χ1) is 8.29. The van der Waals surface area contributed by atoms with Crippen molar-refractivity contribution in [3.63, 3.8) is 0 Å². The Hall–Kier alpha value is 0.230. The smallest absolute Gasteiger partial charge is 0.0683 e. The van der Waals surface area contributed by atoms with Crippen LogP contribution in [0.15, 0.2) is 0 Å². The molecule has 2 unspecified atom stereocenters. The standard InChI is InChI=1S/C13H25NO2S/c15-10-11-8-12(16)9-14(11)6-7-17-13-4-2-1-3-5-13/h11-13,15-16H,1-10H2. The van der Waals surface area contributed by atoms with Gasteiger partial charge in [0.25, 0.3) is 0 Å². The van der Waals surface area contributed by atoms with Crippen LogP contribution in [0.3, 0.4) is 0 Å². The molecule has 1 aliphatic carbocycles. The number of hydrogen-bond donors (Lipinski definition) is 2. The maximum atomic E-state index is 9.59. The number of aliphatic hydroxyl groups is 2. The van der Waals surface area contributed by atoms with E-state index >= 15 is 0 Å². The van der Waals surface area contributed by atoms with Gasteiger partial charge in [-0.15, -0.1) is 0 Å². The summed E-state index contributed by atoms with van der Waals surface area (Å²) in [5.74, 6) is 1.15. The van der Waals surface area contributed by atoms with Crippen molar-refractivity contribution in [1.82, 2.24) is 4.90 Å². The first-order valence-electron chi connectivity index (χ1n) is 6.94. The first kappa shape index (κ1) is 13.7. The second kappa shape index (κ2) is 6.98. The Morgan fingerprint density at radius 3 is 2.65 bits per heavy atom. The minimum Gasteiger partial charge on any atom is -0.395 e. The molecule has 2 N–H and O–H groups in total. The van der Waals surface area contributed by atoms with Crippen molar-refractivity contribution in [2.75, 3.05) is 25.4 Å². The molecule has 2 atom stereocenters. The highest BCUT2D eigenvalue weighted by atomic mass is 32.2. The van der Waals surface area contributed by atoms with Crippen LogP contribution in [0, 0.1) is 0 Å². The van der Waals surface area contributed by atoms with E-state index in [1.165, 1.54) is 32.1 Å². The zero-order chi connectivity index (χ0) is 12.1. The van der Waals surface area contributed by atoms with E-state index in [4.69, 9.17) is 0 Å². The summed E-state index contributed by atoms with van der Waals surface area (Å²) < 4.78 is 0. The highest BCUT2D eigenvalue weighted by Gasteiger charge is 2.29. The highest BCUT2D eigenvalue weighted by molar-refractivity contribution is 7.99. The molecular weight excluding hydrogens is 234 g/mol. The Bertz CT molecular complexity index is 221. The third-order valence-corrected chi connectivity index (χ3v) is 5.36. The molecule has 1 aliphatic heterocycles. The minimum absolute atomic E-state index is 0.186. The molecule has 3 nitrogen and oxygen atoms in total. The molecular formula is C13H25NO2S. The Morgan fingerprint density at radius 1 is 1.18 bits per heavy atom. The Morgan fingerprint density at radius 2 is 1.94 bits per heavy atom. The van der Waals surface area contributed by atoms with Crippen LogP contribution in [0.4, 0.5) is 0 Å². The van der Waals surface area contributed by atoms with Crippen molar-refractivity contribution in [1.29, 1.82) is 0 Å². The maximum absolute atomic E-state index is 9.59. The van der Waals surface area contributed by atoms with Crippen LogP contribution in [0.2, 0.25) is 0 Å². The quantitative estimate of drug-likeness (QED) is 0.785. The Balaban J connectivity index is 1.63. The molecule has 2 fully saturated rings. The van der Waals surface area contributed by atoms with Crippen molar-refractivity contribution < 1.29 is 10.2 Å². The van der Waals surface area contributed by atoms with Gasteiger partial charge in [-0.05, 0) is 19.3 Å². The number of nitrogens with zero attached hydrogens (tertiary/aromatic N) is 1. The Labute approximate surface area is 109 Å². The van der Waals surface area contributed by atoms with Crippen molar-refractivity contribution in [3.8, 4) is 0 Å². The lowest BCUT2D eigenvalue weighted by molar-refractivity contribution is 0.162. The first-order valence-corrected chi connectivity index (χ1v) is 7.99. The monoisotopic (exact) mass is 259 g/mol. The topological polar surface area (TPSA) is 43.7 Å². The summed E-state index contributed by atoms with van der Waals surface area (Å²) >= 11 is 2.09. The van der Waals surface area contributed by atoms with Gasteiger partial charge in [0, 0.05) is 30.1 Å². The molecule has 0 spiro atoms. The molecule has 4 heteroatoms. The fraction of sp³-hybridized carbons (Fsp3) is 1.00. The number of aliphatic hydroxyl groups excluding tert-OH is 2. The molecule has 0 bridgehead atoms. The average Bonchev–Trinajstić information content (AvgIpc) is 2.71. The van der Waals surface area contributed by atoms with Crippen molar-refractivity contribution >= 4 is 11.8 Å². The van der Waals surface area contributed by atoms with Gasteiger partial charge in [-0.1, -0.05) is 19.3 Å². The van der Waals surface area contributed by atoms with E-state index in [2.05, 4.69) is 16.7 Å². The van der Waals surface area contributed by atoms with Gasteiger partial charge in [0.15, 0.2) is 0 Å². The van der Waals surface area contributed by atoms with Crippen LogP contribution in [0.1, 0.15) is 38.5 Å². The van der Waals surface area contributed by atoms with E-state index in [9.17, 15) is 10.2 Å². The molecule has 2 rings (SSSR count). The zero-order valence-electron chi connectivity index (χ0n) is 10.6. The fourth-order valence-corrected chi connectivity index (χ4v) is 4.33. The van der Waals surface area contributed by atoms with Crippen LogP contribution < -0.4 is 0 Å². The summed E-state index contributed by atoms with van der Waals surface area (Å²) in [6, 6.07) is 0.192. The number of rotatable bonds is 5. The molecule has 1 saturated carbocycles. The van der Waals surface area contributed by atoms with Crippen LogP contribution in [-0.4, -0.2) is 58.0 Å². The van der Waals surface area contributed by atoms with E-state index in [0.29, 0.717) is 0 Å². The van der Waals surface area contributed by atoms with Crippen LogP contribution in [0.25, 0.3) is 0 Å². The third-order valence-electron chi connectivity index (χ3n) is 4.00. The summed E-state index contributed by atoms with van der Waals surface area (Å²) in [7, 11) is 0. The molecule has 0 amide bonds. The van der Waals surface area contributed by atoms with E-state index < -0.39 is 0 Å². The van der Waals surface area contributed by atoms with Gasteiger partial charge in [-0.2, -0.15) is 11.8 Å².